The highest BCUT2D eigenvalue weighted by Gasteiger charge is 2.24. The largest absolute Gasteiger partial charge is 0.396 e. The van der Waals surface area contributed by atoms with Crippen LogP contribution in [0.2, 0.25) is 0 Å². The second-order valence-electron chi connectivity index (χ2n) is 5.81. The summed E-state index contributed by atoms with van der Waals surface area (Å²) in [5.41, 5.74) is 3.22. The number of nitrogens with zero attached hydrogens (tertiary/aromatic N) is 1. The number of aliphatic hydroxyl groups excluding tert-OH is 1. The van der Waals surface area contributed by atoms with Gasteiger partial charge in [0.25, 0.3) is 12.3 Å². The first-order chi connectivity index (χ1) is 13.3. The fraction of sp³-hybridized carbons (Fsp3) is 0.389. The number of anilines is 1. The summed E-state index contributed by atoms with van der Waals surface area (Å²) in [6, 6.07) is 6.06. The average Bonchev–Trinajstić information content (AvgIpc) is 2.65. The van der Waals surface area contributed by atoms with Gasteiger partial charge in [-0.15, -0.1) is 24.1 Å². The molecular formula is C18H23N2O6PS. The Morgan fingerprint density at radius 2 is 2.07 bits per heavy atom. The molecule has 0 radical (unpaired) electrons. The number of nitrogens with one attached hydrogen (secondary N) is 1. The molecule has 0 bridgehead atoms. The van der Waals surface area contributed by atoms with E-state index in [9.17, 15) is 14.4 Å². The van der Waals surface area contributed by atoms with Gasteiger partial charge < -0.3 is 19.6 Å². The molecule has 8 nitrogen and oxygen atoms in total. The minimum atomic E-state index is -1.51. The summed E-state index contributed by atoms with van der Waals surface area (Å²) in [5.74, 6) is -1.44. The third-order valence-corrected chi connectivity index (χ3v) is 5.06. The third kappa shape index (κ3) is 7.87. The predicted molar refractivity (Wildman–Crippen MR) is 109 cm³/mol. The number of carbonyl (C=O) groups excluding carboxylic acids is 3. The Morgan fingerprint density at radius 3 is 2.57 bits per heavy atom. The monoisotopic (exact) mass is 426 g/mol. The minimum Gasteiger partial charge on any atom is -0.396 e. The third-order valence-electron chi connectivity index (χ3n) is 3.32. The van der Waals surface area contributed by atoms with Crippen molar-refractivity contribution in [3.05, 3.63) is 29.8 Å². The highest BCUT2D eigenvalue weighted by atomic mass is 32.1. The number of imide groups is 1. The van der Waals surface area contributed by atoms with Gasteiger partial charge in [0.05, 0.1) is 5.56 Å². The summed E-state index contributed by atoms with van der Waals surface area (Å²) in [6.07, 6.45) is 6.54. The number of hydrogen-bond acceptors (Lipinski definition) is 8. The Morgan fingerprint density at radius 1 is 1.43 bits per heavy atom. The van der Waals surface area contributed by atoms with Crippen molar-refractivity contribution < 1.29 is 28.9 Å². The normalized spacial score (nSPS) is 13.5. The number of aliphatic hydroxyl groups is 1. The molecule has 0 saturated heterocycles. The molecule has 0 aliphatic heterocycles. The number of carbonyl (C=O) groups is 3. The molecule has 1 aromatic carbocycles. The van der Waals surface area contributed by atoms with Crippen molar-refractivity contribution in [3.63, 3.8) is 0 Å². The lowest BCUT2D eigenvalue weighted by atomic mass is 10.2. The second-order valence-corrected chi connectivity index (χ2v) is 8.01. The first-order valence-corrected chi connectivity index (χ1v) is 10.1. The average molecular weight is 426 g/mol. The van der Waals surface area contributed by atoms with Gasteiger partial charge in [-0.2, -0.15) is 0 Å². The number of hydrogen-bond donors (Lipinski definition) is 3. The van der Waals surface area contributed by atoms with E-state index in [1.165, 1.54) is 12.1 Å². The lowest BCUT2D eigenvalue weighted by molar-refractivity contribution is -0.171. The Labute approximate surface area is 170 Å². The number of hydroxylamine groups is 2. The van der Waals surface area contributed by atoms with Gasteiger partial charge >= 0.3 is 5.97 Å². The van der Waals surface area contributed by atoms with Gasteiger partial charge in [-0.25, -0.2) is 4.79 Å². The second kappa shape index (κ2) is 11.7. The summed E-state index contributed by atoms with van der Waals surface area (Å²) in [5, 5.41) is 12.4. The van der Waals surface area contributed by atoms with Gasteiger partial charge in [0, 0.05) is 25.1 Å². The maximum absolute atomic E-state index is 12.1. The zero-order chi connectivity index (χ0) is 21.2. The van der Waals surface area contributed by atoms with Gasteiger partial charge in [-0.3, -0.25) is 9.59 Å². The Balaban J connectivity index is 2.74. The van der Waals surface area contributed by atoms with E-state index in [1.807, 2.05) is 0 Å². The number of amides is 2. The molecule has 28 heavy (non-hydrogen) atoms. The lowest BCUT2D eigenvalue weighted by Crippen LogP contribution is -2.32. The van der Waals surface area contributed by atoms with E-state index in [0.29, 0.717) is 23.6 Å². The molecule has 0 heterocycles. The minimum absolute atomic E-state index is 0.0882. The molecule has 0 aliphatic carbocycles. The molecule has 2 amide bonds. The number of benzene rings is 1. The molecule has 152 valence electrons. The molecule has 0 spiro atoms. The Hall–Kier alpha value is -2.11. The molecule has 2 unspecified atom stereocenters. The van der Waals surface area contributed by atoms with Crippen LogP contribution in [-0.4, -0.2) is 40.0 Å². The molecule has 0 fully saturated rings. The number of rotatable bonds is 10. The van der Waals surface area contributed by atoms with Gasteiger partial charge in [-0.05, 0) is 43.3 Å². The first kappa shape index (κ1) is 23.9. The maximum atomic E-state index is 12.1. The molecule has 0 aromatic heterocycles. The number of thiol groups is 1. The maximum Gasteiger partial charge on any atom is 0.363 e. The van der Waals surface area contributed by atoms with Crippen LogP contribution >= 0.6 is 20.9 Å². The molecule has 1 rings (SSSR count). The van der Waals surface area contributed by atoms with Crippen molar-refractivity contribution in [2.45, 2.75) is 38.0 Å². The molecule has 1 aromatic rings. The van der Waals surface area contributed by atoms with E-state index < -0.39 is 25.1 Å². The summed E-state index contributed by atoms with van der Waals surface area (Å²) in [7, 11) is -1.51. The zero-order valence-electron chi connectivity index (χ0n) is 15.6. The molecule has 10 heteroatoms. The van der Waals surface area contributed by atoms with Crippen molar-refractivity contribution in [1.82, 2.24) is 5.06 Å². The summed E-state index contributed by atoms with van der Waals surface area (Å²) < 4.78 is 5.67. The van der Waals surface area contributed by atoms with Gasteiger partial charge in [0.1, 0.15) is 4.93 Å². The van der Waals surface area contributed by atoms with Crippen LogP contribution in [0.3, 0.4) is 0 Å². The zero-order valence-corrected chi connectivity index (χ0v) is 17.4. The molecule has 2 N–H and O–H groups in total. The van der Waals surface area contributed by atoms with E-state index in [0.717, 1.165) is 0 Å². The van der Waals surface area contributed by atoms with Crippen LogP contribution in [-0.2, 0) is 19.0 Å². The van der Waals surface area contributed by atoms with E-state index in [1.54, 1.807) is 26.0 Å². The smallest absolute Gasteiger partial charge is 0.363 e. The summed E-state index contributed by atoms with van der Waals surface area (Å²) in [4.78, 5) is 38.6. The van der Waals surface area contributed by atoms with Crippen LogP contribution in [0.25, 0.3) is 0 Å². The van der Waals surface area contributed by atoms with Crippen molar-refractivity contribution in [1.29, 1.82) is 0 Å². The van der Waals surface area contributed by atoms with Crippen LogP contribution in [0.1, 0.15) is 43.5 Å². The van der Waals surface area contributed by atoms with Crippen LogP contribution in [0.15, 0.2) is 24.3 Å². The van der Waals surface area contributed by atoms with Gasteiger partial charge in [-0.1, -0.05) is 6.92 Å². The first-order valence-electron chi connectivity index (χ1n) is 8.41. The fourth-order valence-electron chi connectivity index (χ4n) is 1.93. The molecule has 2 atom stereocenters. The van der Waals surface area contributed by atoms with E-state index in [-0.39, 0.29) is 25.0 Å². The summed E-state index contributed by atoms with van der Waals surface area (Å²) in [6.45, 7) is 3.37. The van der Waals surface area contributed by atoms with Gasteiger partial charge in [0.2, 0.25) is 8.30 Å². The Bertz CT molecular complexity index is 720. The molecule has 0 saturated carbocycles. The standard InChI is InChI=1S/C18H23N2O6PS/c1-4-6-16(23)20(13-22)25-17(24)14-7-9-15(10-8-14)19-27(5-2)26-18(3,28)11-12-21/h2,7-10,13,19,21,28H,4,6,11-12H2,1,3H3. The van der Waals surface area contributed by atoms with Crippen LogP contribution in [0, 0.1) is 12.1 Å². The van der Waals surface area contributed by atoms with Crippen molar-refractivity contribution >= 4 is 44.9 Å². The van der Waals surface area contributed by atoms with Crippen molar-refractivity contribution in [2.75, 3.05) is 11.7 Å². The van der Waals surface area contributed by atoms with E-state index >= 15 is 0 Å². The molecule has 0 aliphatic rings. The van der Waals surface area contributed by atoms with Crippen LogP contribution < -0.4 is 5.09 Å². The highest BCUT2D eigenvalue weighted by Crippen LogP contribution is 2.43. The van der Waals surface area contributed by atoms with E-state index in [4.69, 9.17) is 20.9 Å². The Kier molecular flexibility index (Phi) is 9.97. The van der Waals surface area contributed by atoms with Crippen LogP contribution in [0.4, 0.5) is 5.69 Å². The van der Waals surface area contributed by atoms with Crippen molar-refractivity contribution in [2.24, 2.45) is 0 Å². The predicted octanol–water partition coefficient (Wildman–Crippen LogP) is 2.90. The quantitative estimate of drug-likeness (QED) is 0.132. The summed E-state index contributed by atoms with van der Waals surface area (Å²) >= 11 is 4.32. The SMILES string of the molecule is C#CP(Nc1ccc(C(=O)ON(C=O)C(=O)CCC)cc1)OC(C)(S)CCO. The number of terminal acetylenes is 1. The topological polar surface area (TPSA) is 105 Å². The van der Waals surface area contributed by atoms with E-state index in [2.05, 4.69) is 23.4 Å². The molecular weight excluding hydrogens is 403 g/mol. The van der Waals surface area contributed by atoms with Crippen molar-refractivity contribution in [3.8, 4) is 12.1 Å². The lowest BCUT2D eigenvalue weighted by Gasteiger charge is -2.26. The highest BCUT2D eigenvalue weighted by molar-refractivity contribution is 7.82. The van der Waals surface area contributed by atoms with Crippen LogP contribution in [0.5, 0.6) is 0 Å². The fourth-order valence-corrected chi connectivity index (χ4v) is 3.30. The van der Waals surface area contributed by atoms with Gasteiger partial charge in [0.15, 0.2) is 0 Å².